The van der Waals surface area contributed by atoms with Gasteiger partial charge in [0.1, 0.15) is 0 Å². The van der Waals surface area contributed by atoms with Gasteiger partial charge in [0.15, 0.2) is 0 Å². The number of piperidine rings is 2. The summed E-state index contributed by atoms with van der Waals surface area (Å²) < 4.78 is 1.84. The summed E-state index contributed by atoms with van der Waals surface area (Å²) in [6, 6.07) is 0.513. The fraction of sp³-hybridized carbons (Fsp3) is 0.762. The van der Waals surface area contributed by atoms with E-state index in [0.717, 1.165) is 76.0 Å². The monoisotopic (exact) mass is 387 g/mol. The third-order valence-electron chi connectivity index (χ3n) is 6.83. The van der Waals surface area contributed by atoms with Crippen molar-refractivity contribution in [2.75, 3.05) is 26.2 Å². The summed E-state index contributed by atoms with van der Waals surface area (Å²) >= 11 is 0. The molecule has 2 amide bonds. The number of nitrogens with one attached hydrogen (secondary N) is 1. The third-order valence-corrected chi connectivity index (χ3v) is 6.83. The van der Waals surface area contributed by atoms with Gasteiger partial charge in [0, 0.05) is 56.4 Å². The van der Waals surface area contributed by atoms with Gasteiger partial charge in [-0.3, -0.25) is 19.2 Å². The third kappa shape index (κ3) is 4.24. The van der Waals surface area contributed by atoms with E-state index in [1.54, 1.807) is 0 Å². The maximum absolute atomic E-state index is 12.7. The molecule has 2 aliphatic heterocycles. The second-order valence-corrected chi connectivity index (χ2v) is 8.76. The van der Waals surface area contributed by atoms with E-state index in [1.807, 2.05) is 24.9 Å². The highest BCUT2D eigenvalue weighted by molar-refractivity contribution is 5.81. The molecule has 2 saturated heterocycles. The molecule has 1 atom stereocenters. The van der Waals surface area contributed by atoms with E-state index in [9.17, 15) is 9.59 Å². The molecule has 154 valence electrons. The fourth-order valence-electron chi connectivity index (χ4n) is 4.64. The zero-order valence-electron chi connectivity index (χ0n) is 17.2. The first kappa shape index (κ1) is 19.4. The molecule has 1 saturated carbocycles. The molecule has 3 heterocycles. The van der Waals surface area contributed by atoms with Gasteiger partial charge in [-0.25, -0.2) is 0 Å². The summed E-state index contributed by atoms with van der Waals surface area (Å²) in [6.07, 6.45) is 8.13. The Kier molecular flexibility index (Phi) is 5.71. The van der Waals surface area contributed by atoms with Gasteiger partial charge in [-0.15, -0.1) is 0 Å². The van der Waals surface area contributed by atoms with Crippen molar-refractivity contribution in [2.24, 2.45) is 18.9 Å². The molecule has 1 unspecified atom stereocenters. The minimum Gasteiger partial charge on any atom is -0.352 e. The topological polar surface area (TPSA) is 70.5 Å². The van der Waals surface area contributed by atoms with Crippen LogP contribution in [0.2, 0.25) is 0 Å². The number of nitrogens with zero attached hydrogens (tertiary/aromatic N) is 4. The molecule has 4 rings (SSSR count). The van der Waals surface area contributed by atoms with E-state index >= 15 is 0 Å². The van der Waals surface area contributed by atoms with Crippen LogP contribution >= 0.6 is 0 Å². The van der Waals surface area contributed by atoms with E-state index in [-0.39, 0.29) is 11.8 Å². The minimum atomic E-state index is 0.0665. The maximum atomic E-state index is 12.7. The first-order chi connectivity index (χ1) is 13.5. The van der Waals surface area contributed by atoms with Crippen molar-refractivity contribution in [1.29, 1.82) is 0 Å². The standard InChI is InChI=1S/C21H33N5O2/c1-15-18(13-23-24(15)2)12-22-20(27)17-4-3-9-26(14-17)19-7-10-25(11-8-19)21(28)16-5-6-16/h13,16-17,19H,3-12,14H2,1-2H3,(H,22,27). The second-order valence-electron chi connectivity index (χ2n) is 8.76. The molecule has 1 N–H and O–H groups in total. The molecule has 0 radical (unpaired) electrons. The van der Waals surface area contributed by atoms with Gasteiger partial charge in [-0.2, -0.15) is 5.10 Å². The number of likely N-dealkylation sites (tertiary alicyclic amines) is 2. The fourth-order valence-corrected chi connectivity index (χ4v) is 4.64. The highest BCUT2D eigenvalue weighted by Gasteiger charge is 2.37. The Morgan fingerprint density at radius 3 is 2.50 bits per heavy atom. The molecule has 0 bridgehead atoms. The second kappa shape index (κ2) is 8.23. The van der Waals surface area contributed by atoms with Gasteiger partial charge >= 0.3 is 0 Å². The molecule has 3 fully saturated rings. The normalized spacial score (nSPS) is 24.4. The van der Waals surface area contributed by atoms with Gasteiger partial charge in [0.25, 0.3) is 0 Å². The summed E-state index contributed by atoms with van der Waals surface area (Å²) in [5, 5.41) is 7.36. The largest absolute Gasteiger partial charge is 0.352 e. The molecule has 0 aromatic carbocycles. The van der Waals surface area contributed by atoms with Crippen LogP contribution in [0.1, 0.15) is 49.8 Å². The SMILES string of the molecule is Cc1c(CNC(=O)C2CCCN(C3CCN(C(=O)C4CC4)CC3)C2)cnn1C. The number of aromatic nitrogens is 2. The van der Waals surface area contributed by atoms with Gasteiger partial charge < -0.3 is 10.2 Å². The van der Waals surface area contributed by atoms with Crippen molar-refractivity contribution in [2.45, 2.75) is 58.0 Å². The van der Waals surface area contributed by atoms with Crippen LogP contribution in [0.3, 0.4) is 0 Å². The molecule has 1 aromatic heterocycles. The quantitative estimate of drug-likeness (QED) is 0.830. The van der Waals surface area contributed by atoms with Crippen LogP contribution in [0.5, 0.6) is 0 Å². The molecule has 1 aromatic rings. The molecular formula is C21H33N5O2. The Bertz CT molecular complexity index is 718. The predicted molar refractivity (Wildman–Crippen MR) is 106 cm³/mol. The zero-order chi connectivity index (χ0) is 19.7. The van der Waals surface area contributed by atoms with E-state index < -0.39 is 0 Å². The summed E-state index contributed by atoms with van der Waals surface area (Å²) in [6.45, 7) is 6.26. The van der Waals surface area contributed by atoms with Crippen molar-refractivity contribution in [3.05, 3.63) is 17.5 Å². The molecule has 7 nitrogen and oxygen atoms in total. The zero-order valence-corrected chi connectivity index (χ0v) is 17.2. The van der Waals surface area contributed by atoms with Crippen molar-refractivity contribution in [1.82, 2.24) is 24.9 Å². The van der Waals surface area contributed by atoms with Gasteiger partial charge in [0.2, 0.25) is 11.8 Å². The number of rotatable bonds is 5. The molecular weight excluding hydrogens is 354 g/mol. The molecule has 1 aliphatic carbocycles. The van der Waals surface area contributed by atoms with Gasteiger partial charge in [-0.05, 0) is 52.0 Å². The van der Waals surface area contributed by atoms with Gasteiger partial charge in [0.05, 0.1) is 12.1 Å². The van der Waals surface area contributed by atoms with E-state index in [1.165, 1.54) is 0 Å². The van der Waals surface area contributed by atoms with Crippen LogP contribution in [0.15, 0.2) is 6.20 Å². The number of hydrogen-bond donors (Lipinski definition) is 1. The van der Waals surface area contributed by atoms with Crippen LogP contribution in [0.4, 0.5) is 0 Å². The van der Waals surface area contributed by atoms with Crippen LogP contribution in [0, 0.1) is 18.8 Å². The highest BCUT2D eigenvalue weighted by atomic mass is 16.2. The van der Waals surface area contributed by atoms with E-state index in [2.05, 4.69) is 20.2 Å². The molecule has 0 spiro atoms. The van der Waals surface area contributed by atoms with E-state index in [4.69, 9.17) is 0 Å². The number of amides is 2. The minimum absolute atomic E-state index is 0.0665. The Labute approximate surface area is 167 Å². The number of aryl methyl sites for hydroxylation is 1. The number of carbonyl (C=O) groups is 2. The highest BCUT2D eigenvalue weighted by Crippen LogP contribution is 2.32. The summed E-state index contributed by atoms with van der Waals surface area (Å²) in [7, 11) is 1.92. The van der Waals surface area contributed by atoms with Crippen LogP contribution in [-0.4, -0.2) is 63.6 Å². The Balaban J connectivity index is 1.25. The summed E-state index contributed by atoms with van der Waals surface area (Å²) in [5.74, 6) is 0.925. The Morgan fingerprint density at radius 1 is 1.11 bits per heavy atom. The molecule has 7 heteroatoms. The van der Waals surface area contributed by atoms with Crippen molar-refractivity contribution in [3.8, 4) is 0 Å². The van der Waals surface area contributed by atoms with Crippen LogP contribution < -0.4 is 5.32 Å². The maximum Gasteiger partial charge on any atom is 0.225 e. The van der Waals surface area contributed by atoms with Crippen molar-refractivity contribution in [3.63, 3.8) is 0 Å². The lowest BCUT2D eigenvalue weighted by Gasteiger charge is -2.42. The van der Waals surface area contributed by atoms with Gasteiger partial charge in [-0.1, -0.05) is 0 Å². The molecule has 28 heavy (non-hydrogen) atoms. The van der Waals surface area contributed by atoms with Crippen LogP contribution in [-0.2, 0) is 23.2 Å². The lowest BCUT2D eigenvalue weighted by atomic mass is 9.93. The summed E-state index contributed by atoms with van der Waals surface area (Å²) in [5.41, 5.74) is 2.18. The van der Waals surface area contributed by atoms with E-state index in [0.29, 0.717) is 24.4 Å². The lowest BCUT2D eigenvalue weighted by molar-refractivity contribution is -0.134. The molecule has 3 aliphatic rings. The Morgan fingerprint density at radius 2 is 1.86 bits per heavy atom. The number of hydrogen-bond acceptors (Lipinski definition) is 4. The Hall–Kier alpha value is -1.89. The average Bonchev–Trinajstić information content (AvgIpc) is 3.53. The average molecular weight is 388 g/mol. The summed E-state index contributed by atoms with van der Waals surface area (Å²) in [4.78, 5) is 29.5. The number of carbonyl (C=O) groups excluding carboxylic acids is 2. The van der Waals surface area contributed by atoms with Crippen LogP contribution in [0.25, 0.3) is 0 Å². The van der Waals surface area contributed by atoms with Crippen molar-refractivity contribution < 1.29 is 9.59 Å². The van der Waals surface area contributed by atoms with Crippen molar-refractivity contribution >= 4 is 11.8 Å². The predicted octanol–water partition coefficient (Wildman–Crippen LogP) is 1.46. The lowest BCUT2D eigenvalue weighted by Crippen LogP contribution is -2.51. The first-order valence-electron chi connectivity index (χ1n) is 10.8. The first-order valence-corrected chi connectivity index (χ1v) is 10.8. The smallest absolute Gasteiger partial charge is 0.225 e.